The Morgan fingerprint density at radius 3 is 2.78 bits per heavy atom. The van der Waals surface area contributed by atoms with E-state index in [1.54, 1.807) is 13.2 Å². The van der Waals surface area contributed by atoms with Crippen molar-refractivity contribution in [3.8, 4) is 0 Å². The molecule has 3 atom stereocenters. The Morgan fingerprint density at radius 2 is 2.08 bits per heavy atom. The van der Waals surface area contributed by atoms with E-state index in [0.717, 1.165) is 66.0 Å². The third-order valence-electron chi connectivity index (χ3n) is 7.17. The number of unbranched alkanes of at least 4 members (excludes halogenated alkanes) is 1. The van der Waals surface area contributed by atoms with Crippen LogP contribution < -0.4 is 0 Å². The van der Waals surface area contributed by atoms with Crippen LogP contribution in [-0.4, -0.2) is 43.0 Å². The van der Waals surface area contributed by atoms with Crippen molar-refractivity contribution in [1.29, 1.82) is 5.41 Å². The van der Waals surface area contributed by atoms with Crippen molar-refractivity contribution < 1.29 is 9.13 Å². The third kappa shape index (κ3) is 5.63. The van der Waals surface area contributed by atoms with Crippen LogP contribution in [0, 0.1) is 17.1 Å². The van der Waals surface area contributed by atoms with E-state index in [0.29, 0.717) is 18.7 Å². The predicted octanol–water partition coefficient (Wildman–Crippen LogP) is 6.80. The van der Waals surface area contributed by atoms with E-state index in [1.807, 2.05) is 38.4 Å². The normalized spacial score (nSPS) is 24.5. The summed E-state index contributed by atoms with van der Waals surface area (Å²) in [4.78, 5) is 14.7. The second kappa shape index (κ2) is 11.7. The summed E-state index contributed by atoms with van der Waals surface area (Å²) < 4.78 is 20.1. The molecule has 1 aliphatic carbocycles. The van der Waals surface area contributed by atoms with E-state index < -0.39 is 0 Å². The number of rotatable bonds is 9. The van der Waals surface area contributed by atoms with Crippen molar-refractivity contribution in [2.24, 2.45) is 20.9 Å². The van der Waals surface area contributed by atoms with E-state index in [-0.39, 0.29) is 23.7 Å². The summed E-state index contributed by atoms with van der Waals surface area (Å²) in [7, 11) is 1.70. The summed E-state index contributed by atoms with van der Waals surface area (Å²) in [6.45, 7) is 6.73. The van der Waals surface area contributed by atoms with Crippen LogP contribution >= 0.6 is 0 Å². The summed E-state index contributed by atoms with van der Waals surface area (Å²) in [6, 6.07) is 5.15. The van der Waals surface area contributed by atoms with Gasteiger partial charge in [0.25, 0.3) is 0 Å². The molecule has 0 saturated carbocycles. The number of methoxy groups -OCH3 is 1. The number of allylic oxidation sites excluding steroid dienone is 3. The number of nitrogens with zero attached hydrogens (tertiary/aromatic N) is 3. The maximum absolute atomic E-state index is 14.2. The number of hydrogen-bond acceptors (Lipinski definition) is 5. The quantitative estimate of drug-likeness (QED) is 0.301. The minimum Gasteiger partial charge on any atom is -0.499 e. The molecule has 6 heteroatoms. The zero-order valence-corrected chi connectivity index (χ0v) is 21.9. The smallest absolute Gasteiger partial charge is 0.133 e. The number of fused-ring (bicyclic) bond motifs is 1. The summed E-state index contributed by atoms with van der Waals surface area (Å²) in [5.74, 6) is 0.652. The molecule has 0 saturated heterocycles. The SMILES string of the molecule is CCc1cc(C2C=C(OC)C3N=C(C4=CN=CCC4)C(C)C(=NCCCCC(C)=N)C3=C2)ccc1F. The fourth-order valence-electron chi connectivity index (χ4n) is 5.17. The van der Waals surface area contributed by atoms with Crippen LogP contribution in [0.5, 0.6) is 0 Å². The highest BCUT2D eigenvalue weighted by atomic mass is 19.1. The Labute approximate surface area is 214 Å². The predicted molar refractivity (Wildman–Crippen MR) is 147 cm³/mol. The van der Waals surface area contributed by atoms with E-state index in [4.69, 9.17) is 20.1 Å². The number of aliphatic imine (C=N–C) groups is 3. The van der Waals surface area contributed by atoms with Crippen molar-refractivity contribution in [1.82, 2.24) is 0 Å². The number of nitrogens with one attached hydrogen (secondary N) is 1. The molecule has 190 valence electrons. The second-order valence-electron chi connectivity index (χ2n) is 9.79. The van der Waals surface area contributed by atoms with Gasteiger partial charge in [-0.1, -0.05) is 32.1 Å². The molecule has 0 aromatic heterocycles. The molecule has 0 amide bonds. The van der Waals surface area contributed by atoms with Gasteiger partial charge in [0.05, 0.1) is 7.11 Å². The minimum atomic E-state index is -0.238. The summed E-state index contributed by atoms with van der Waals surface area (Å²) in [6.07, 6.45) is 13.4. The van der Waals surface area contributed by atoms with E-state index in [2.05, 4.69) is 24.1 Å². The number of ether oxygens (including phenoxy) is 1. The standard InChI is InChI=1S/C30H37FN4O/c1-5-21-15-22(11-12-26(21)31)24-16-25-29(34-14-7-6-9-19(2)32)20(3)28(23-10-8-13-33-18-23)35-30(25)27(17-24)36-4/h11-13,15-18,20,24,30,32H,5-10,14H2,1-4H3. The van der Waals surface area contributed by atoms with Crippen LogP contribution in [0.1, 0.15) is 69.9 Å². The molecular weight excluding hydrogens is 451 g/mol. The van der Waals surface area contributed by atoms with Gasteiger partial charge in [-0.25, -0.2) is 4.39 Å². The first kappa shape index (κ1) is 25.9. The molecular formula is C30H37FN4O. The number of benzene rings is 1. The average Bonchev–Trinajstić information content (AvgIpc) is 2.89. The summed E-state index contributed by atoms with van der Waals surface area (Å²) in [5, 5.41) is 7.69. The zero-order valence-electron chi connectivity index (χ0n) is 21.9. The Morgan fingerprint density at radius 1 is 1.25 bits per heavy atom. The topological polar surface area (TPSA) is 70.2 Å². The minimum absolute atomic E-state index is 0.0367. The highest BCUT2D eigenvalue weighted by Crippen LogP contribution is 2.39. The molecule has 3 unspecified atom stereocenters. The van der Waals surface area contributed by atoms with Crippen molar-refractivity contribution in [3.63, 3.8) is 0 Å². The van der Waals surface area contributed by atoms with Crippen LogP contribution in [-0.2, 0) is 11.2 Å². The molecule has 5 nitrogen and oxygen atoms in total. The first-order valence-corrected chi connectivity index (χ1v) is 13.1. The van der Waals surface area contributed by atoms with Crippen molar-refractivity contribution in [2.75, 3.05) is 13.7 Å². The molecule has 4 rings (SSSR count). The molecule has 0 radical (unpaired) electrons. The van der Waals surface area contributed by atoms with Gasteiger partial charge >= 0.3 is 0 Å². The Hall–Kier alpha value is -3.15. The molecule has 0 spiro atoms. The Balaban J connectivity index is 1.74. The molecule has 1 aromatic rings. The van der Waals surface area contributed by atoms with Crippen LogP contribution in [0.4, 0.5) is 4.39 Å². The van der Waals surface area contributed by atoms with Gasteiger partial charge in [-0.05, 0) is 74.3 Å². The number of hydrogen-bond donors (Lipinski definition) is 1. The molecule has 0 fully saturated rings. The van der Waals surface area contributed by atoms with Crippen molar-refractivity contribution >= 4 is 23.3 Å². The lowest BCUT2D eigenvalue weighted by Crippen LogP contribution is -2.38. The molecule has 1 aromatic carbocycles. The largest absolute Gasteiger partial charge is 0.499 e. The maximum Gasteiger partial charge on any atom is 0.133 e. The molecule has 1 N–H and O–H groups in total. The number of aryl methyl sites for hydroxylation is 1. The molecule has 2 aliphatic heterocycles. The lowest BCUT2D eigenvalue weighted by molar-refractivity contribution is 0.269. The lowest BCUT2D eigenvalue weighted by Gasteiger charge is -2.35. The maximum atomic E-state index is 14.2. The van der Waals surface area contributed by atoms with E-state index in [9.17, 15) is 4.39 Å². The van der Waals surface area contributed by atoms with Crippen molar-refractivity contribution in [3.05, 3.63) is 70.4 Å². The first-order chi connectivity index (χ1) is 17.4. The first-order valence-electron chi connectivity index (χ1n) is 13.1. The van der Waals surface area contributed by atoms with Gasteiger partial charge in [0.1, 0.15) is 17.6 Å². The van der Waals surface area contributed by atoms with Gasteiger partial charge in [0.15, 0.2) is 0 Å². The second-order valence-corrected chi connectivity index (χ2v) is 9.79. The average molecular weight is 489 g/mol. The van der Waals surface area contributed by atoms with Crippen molar-refractivity contribution in [2.45, 2.75) is 71.3 Å². The summed E-state index contributed by atoms with van der Waals surface area (Å²) >= 11 is 0. The van der Waals surface area contributed by atoms with Gasteiger partial charge in [0.2, 0.25) is 0 Å². The van der Waals surface area contributed by atoms with Crippen LogP contribution in [0.2, 0.25) is 0 Å². The highest BCUT2D eigenvalue weighted by Gasteiger charge is 2.38. The fraction of sp³-hybridized carbons (Fsp3) is 0.467. The van der Waals surface area contributed by atoms with Gasteiger partial charge < -0.3 is 10.1 Å². The monoisotopic (exact) mass is 488 g/mol. The van der Waals surface area contributed by atoms with Gasteiger partial charge in [-0.15, -0.1) is 0 Å². The summed E-state index contributed by atoms with van der Waals surface area (Å²) in [5.41, 5.74) is 6.82. The van der Waals surface area contributed by atoms with Gasteiger partial charge in [0, 0.05) is 53.5 Å². The van der Waals surface area contributed by atoms with Gasteiger partial charge in [-0.2, -0.15) is 0 Å². The third-order valence-corrected chi connectivity index (χ3v) is 7.17. The molecule has 3 aliphatic rings. The van der Waals surface area contributed by atoms with Crippen LogP contribution in [0.15, 0.2) is 68.4 Å². The lowest BCUT2D eigenvalue weighted by atomic mass is 9.77. The fourth-order valence-corrected chi connectivity index (χ4v) is 5.17. The highest BCUT2D eigenvalue weighted by molar-refractivity contribution is 6.22. The van der Waals surface area contributed by atoms with Gasteiger partial charge in [-0.3, -0.25) is 15.0 Å². The Bertz CT molecular complexity index is 1190. The van der Waals surface area contributed by atoms with Crippen LogP contribution in [0.3, 0.4) is 0 Å². The van der Waals surface area contributed by atoms with E-state index >= 15 is 0 Å². The molecule has 36 heavy (non-hydrogen) atoms. The van der Waals surface area contributed by atoms with E-state index in [1.165, 1.54) is 5.57 Å². The molecule has 2 heterocycles. The zero-order chi connectivity index (χ0) is 25.7. The number of halogens is 1. The molecule has 0 bridgehead atoms. The van der Waals surface area contributed by atoms with Crippen LogP contribution in [0.25, 0.3) is 0 Å². The Kier molecular flexibility index (Phi) is 8.44.